The normalized spacial score (nSPS) is 14.3. The lowest BCUT2D eigenvalue weighted by atomic mass is 9.95. The Morgan fingerprint density at radius 3 is 2.29 bits per heavy atom. The number of nitrogens with one attached hydrogen (secondary N) is 1. The minimum Gasteiger partial charge on any atom is -0.508 e. The predicted octanol–water partition coefficient (Wildman–Crippen LogP) is 5.91. The topological polar surface area (TPSA) is 121 Å². The molecule has 1 heterocycles. The predicted molar refractivity (Wildman–Crippen MR) is 155 cm³/mol. The highest BCUT2D eigenvalue weighted by Gasteiger charge is 2.34. The fourth-order valence-electron chi connectivity index (χ4n) is 4.72. The minimum absolute atomic E-state index is 0.129. The van der Waals surface area contributed by atoms with Gasteiger partial charge < -0.3 is 25.0 Å². The van der Waals surface area contributed by atoms with E-state index in [2.05, 4.69) is 5.32 Å². The SMILES string of the molecule is COc1cc(C2=NN(C(=O)c3ccc(Nc4ccccc4)cc3)C(c3ccc(O)cc3)C2)c(C)cc1OCC(=O)O. The molecule has 0 fully saturated rings. The molecule has 0 aromatic heterocycles. The van der Waals surface area contributed by atoms with Crippen LogP contribution >= 0.6 is 0 Å². The summed E-state index contributed by atoms with van der Waals surface area (Å²) >= 11 is 0. The molecule has 1 aliphatic heterocycles. The summed E-state index contributed by atoms with van der Waals surface area (Å²) < 4.78 is 10.9. The van der Waals surface area contributed by atoms with Gasteiger partial charge in [-0.1, -0.05) is 30.3 Å². The van der Waals surface area contributed by atoms with Crippen LogP contribution in [0.15, 0.2) is 96.1 Å². The number of para-hydroxylation sites is 1. The fourth-order valence-corrected chi connectivity index (χ4v) is 4.72. The zero-order valence-corrected chi connectivity index (χ0v) is 22.6. The number of phenolic OH excluding ortho intramolecular Hbond substituents is 1. The van der Waals surface area contributed by atoms with Gasteiger partial charge in [0.25, 0.3) is 5.91 Å². The van der Waals surface area contributed by atoms with Crippen molar-refractivity contribution in [2.75, 3.05) is 19.0 Å². The molecule has 4 aromatic carbocycles. The number of aliphatic carboxylic acids is 1. The van der Waals surface area contributed by atoms with Gasteiger partial charge in [-0.2, -0.15) is 5.10 Å². The van der Waals surface area contributed by atoms with E-state index in [1.807, 2.05) is 49.4 Å². The van der Waals surface area contributed by atoms with Crippen molar-refractivity contribution in [2.45, 2.75) is 19.4 Å². The van der Waals surface area contributed by atoms with Crippen LogP contribution in [0.1, 0.15) is 39.5 Å². The number of benzene rings is 4. The lowest BCUT2D eigenvalue weighted by molar-refractivity contribution is -0.139. The molecule has 9 heteroatoms. The summed E-state index contributed by atoms with van der Waals surface area (Å²) in [6.07, 6.45) is 0.420. The fraction of sp³-hybridized carbons (Fsp3) is 0.156. The highest BCUT2D eigenvalue weighted by molar-refractivity contribution is 6.06. The number of carbonyl (C=O) groups is 2. The lowest BCUT2D eigenvalue weighted by Crippen LogP contribution is -2.27. The van der Waals surface area contributed by atoms with Gasteiger partial charge in [0.2, 0.25) is 0 Å². The van der Waals surface area contributed by atoms with Gasteiger partial charge in [-0.25, -0.2) is 9.80 Å². The molecule has 0 saturated heterocycles. The third kappa shape index (κ3) is 6.14. The summed E-state index contributed by atoms with van der Waals surface area (Å²) in [4.78, 5) is 24.8. The number of phenols is 1. The van der Waals surface area contributed by atoms with Gasteiger partial charge >= 0.3 is 5.97 Å². The van der Waals surface area contributed by atoms with Crippen LogP contribution in [0.3, 0.4) is 0 Å². The molecule has 0 saturated carbocycles. The monoisotopic (exact) mass is 551 g/mol. The number of ether oxygens (including phenoxy) is 2. The average molecular weight is 552 g/mol. The van der Waals surface area contributed by atoms with Crippen molar-refractivity contribution < 1.29 is 29.3 Å². The molecule has 41 heavy (non-hydrogen) atoms. The lowest BCUT2D eigenvalue weighted by Gasteiger charge is -2.22. The number of aromatic hydroxyl groups is 1. The molecule has 208 valence electrons. The Balaban J connectivity index is 1.46. The number of rotatable bonds is 9. The quantitative estimate of drug-likeness (QED) is 0.237. The number of amides is 1. The molecule has 5 rings (SSSR count). The van der Waals surface area contributed by atoms with Gasteiger partial charge in [-0.15, -0.1) is 0 Å². The largest absolute Gasteiger partial charge is 0.508 e. The Hall–Kier alpha value is -5.31. The first-order valence-corrected chi connectivity index (χ1v) is 13.0. The van der Waals surface area contributed by atoms with E-state index in [4.69, 9.17) is 19.7 Å². The number of carbonyl (C=O) groups excluding carboxylic acids is 1. The number of nitrogens with zero attached hydrogens (tertiary/aromatic N) is 2. The average Bonchev–Trinajstić information content (AvgIpc) is 3.42. The van der Waals surface area contributed by atoms with Crippen LogP contribution < -0.4 is 14.8 Å². The Morgan fingerprint density at radius 2 is 1.63 bits per heavy atom. The summed E-state index contributed by atoms with van der Waals surface area (Å²) in [6.45, 7) is 1.37. The standard InChI is InChI=1S/C32H29N3O6/c1-20-16-30(41-19-31(37)38)29(40-2)17-26(20)27-18-28(21-10-14-25(36)15-11-21)35(34-27)32(39)22-8-12-24(13-9-22)33-23-6-4-3-5-7-23/h3-17,28,33,36H,18-19H2,1-2H3,(H,37,38). The molecule has 0 bridgehead atoms. The summed E-state index contributed by atoms with van der Waals surface area (Å²) in [5.74, 6) is -0.562. The molecular weight excluding hydrogens is 522 g/mol. The van der Waals surface area contributed by atoms with E-state index in [1.54, 1.807) is 48.5 Å². The van der Waals surface area contributed by atoms with Crippen molar-refractivity contribution in [2.24, 2.45) is 5.10 Å². The highest BCUT2D eigenvalue weighted by atomic mass is 16.5. The second kappa shape index (κ2) is 11.8. The van der Waals surface area contributed by atoms with Crippen molar-refractivity contribution in [1.82, 2.24) is 5.01 Å². The summed E-state index contributed by atoms with van der Waals surface area (Å²) in [5.41, 5.74) is 5.30. The first kappa shape index (κ1) is 27.3. The first-order chi connectivity index (χ1) is 19.8. The molecule has 0 radical (unpaired) electrons. The molecule has 1 aliphatic rings. The molecule has 3 N–H and O–H groups in total. The third-order valence-electron chi connectivity index (χ3n) is 6.76. The van der Waals surface area contributed by atoms with Crippen LogP contribution in [-0.2, 0) is 4.79 Å². The Bertz CT molecular complexity index is 1580. The molecule has 0 aliphatic carbocycles. The Kier molecular flexibility index (Phi) is 7.87. The Morgan fingerprint density at radius 1 is 0.951 bits per heavy atom. The number of hydrazone groups is 1. The molecule has 0 spiro atoms. The van der Waals surface area contributed by atoms with Crippen LogP contribution in [0.5, 0.6) is 17.2 Å². The van der Waals surface area contributed by atoms with E-state index in [1.165, 1.54) is 12.1 Å². The number of aryl methyl sites for hydroxylation is 1. The number of methoxy groups -OCH3 is 1. The van der Waals surface area contributed by atoms with E-state index < -0.39 is 18.6 Å². The second-order valence-corrected chi connectivity index (χ2v) is 9.58. The van der Waals surface area contributed by atoms with Crippen molar-refractivity contribution in [3.8, 4) is 17.2 Å². The number of hydrogen-bond acceptors (Lipinski definition) is 7. The van der Waals surface area contributed by atoms with E-state index in [0.29, 0.717) is 29.2 Å². The molecule has 1 unspecified atom stereocenters. The molecule has 4 aromatic rings. The zero-order chi connectivity index (χ0) is 28.9. The van der Waals surface area contributed by atoms with Crippen molar-refractivity contribution in [1.29, 1.82) is 0 Å². The van der Waals surface area contributed by atoms with Gasteiger partial charge in [0.15, 0.2) is 18.1 Å². The molecular formula is C32H29N3O6. The zero-order valence-electron chi connectivity index (χ0n) is 22.6. The molecule has 9 nitrogen and oxygen atoms in total. The van der Waals surface area contributed by atoms with Gasteiger partial charge in [0.1, 0.15) is 5.75 Å². The first-order valence-electron chi connectivity index (χ1n) is 13.0. The number of anilines is 2. The third-order valence-corrected chi connectivity index (χ3v) is 6.76. The van der Waals surface area contributed by atoms with Gasteiger partial charge in [-0.3, -0.25) is 4.79 Å². The van der Waals surface area contributed by atoms with E-state index >= 15 is 0 Å². The van der Waals surface area contributed by atoms with Gasteiger partial charge in [-0.05, 0) is 78.7 Å². The number of carboxylic acids is 1. The van der Waals surface area contributed by atoms with Crippen LogP contribution in [0, 0.1) is 6.92 Å². The number of hydrogen-bond donors (Lipinski definition) is 3. The van der Waals surface area contributed by atoms with Gasteiger partial charge in [0.05, 0.1) is 18.9 Å². The van der Waals surface area contributed by atoms with E-state index in [0.717, 1.165) is 28.1 Å². The maximum absolute atomic E-state index is 13.8. The maximum atomic E-state index is 13.8. The van der Waals surface area contributed by atoms with Crippen molar-refractivity contribution in [3.05, 3.63) is 113 Å². The highest BCUT2D eigenvalue weighted by Crippen LogP contribution is 2.38. The van der Waals surface area contributed by atoms with Crippen LogP contribution in [-0.4, -0.2) is 46.5 Å². The van der Waals surface area contributed by atoms with Crippen LogP contribution in [0.2, 0.25) is 0 Å². The van der Waals surface area contributed by atoms with Crippen LogP contribution in [0.4, 0.5) is 11.4 Å². The summed E-state index contributed by atoms with van der Waals surface area (Å²) in [5, 5.41) is 28.4. The maximum Gasteiger partial charge on any atom is 0.341 e. The van der Waals surface area contributed by atoms with Crippen LogP contribution in [0.25, 0.3) is 0 Å². The summed E-state index contributed by atoms with van der Waals surface area (Å²) in [7, 11) is 1.48. The summed E-state index contributed by atoms with van der Waals surface area (Å²) in [6, 6.07) is 26.8. The Labute approximate surface area is 237 Å². The number of carboxylic acid groups (broad SMARTS) is 1. The van der Waals surface area contributed by atoms with E-state index in [9.17, 15) is 14.7 Å². The van der Waals surface area contributed by atoms with Crippen molar-refractivity contribution >= 4 is 29.0 Å². The van der Waals surface area contributed by atoms with Crippen molar-refractivity contribution in [3.63, 3.8) is 0 Å². The minimum atomic E-state index is -1.09. The molecule has 1 atom stereocenters. The smallest absolute Gasteiger partial charge is 0.341 e. The van der Waals surface area contributed by atoms with E-state index in [-0.39, 0.29) is 11.7 Å². The van der Waals surface area contributed by atoms with Gasteiger partial charge in [0, 0.05) is 28.9 Å². The second-order valence-electron chi connectivity index (χ2n) is 9.58. The molecule has 1 amide bonds.